The van der Waals surface area contributed by atoms with Gasteiger partial charge in [-0.25, -0.2) is 0 Å². The molecule has 6 rings (SSSR count). The average Bonchev–Trinajstić information content (AvgIpc) is 3.30. The van der Waals surface area contributed by atoms with Gasteiger partial charge in [-0.3, -0.25) is 9.59 Å². The molecule has 0 N–H and O–H groups in total. The molecule has 1 aromatic carbocycles. The van der Waals surface area contributed by atoms with Crippen molar-refractivity contribution in [3.05, 3.63) is 23.8 Å². The van der Waals surface area contributed by atoms with Crippen LogP contribution in [0.4, 0.5) is 0 Å². The fourth-order valence-corrected chi connectivity index (χ4v) is 8.75. The number of benzene rings is 1. The van der Waals surface area contributed by atoms with E-state index in [4.69, 9.17) is 14.2 Å². The van der Waals surface area contributed by atoms with Gasteiger partial charge in [0.2, 0.25) is 12.7 Å². The Morgan fingerprint density at radius 1 is 1.33 bits per heavy atom. The number of ether oxygens (including phenoxy) is 3. The van der Waals surface area contributed by atoms with Crippen LogP contribution in [0.2, 0.25) is 0 Å². The summed E-state index contributed by atoms with van der Waals surface area (Å²) in [6.07, 6.45) is 0.204. The molecule has 0 aliphatic carbocycles. The highest BCUT2D eigenvalue weighted by Crippen LogP contribution is 2.66. The first-order valence-corrected chi connectivity index (χ1v) is 11.8. The molecule has 0 saturated carbocycles. The van der Waals surface area contributed by atoms with E-state index in [2.05, 4.69) is 6.07 Å². The van der Waals surface area contributed by atoms with Crippen LogP contribution in [0.5, 0.6) is 11.5 Å². The standard InChI is InChI=1S/C20H21N3O5S2/c1-11-15-17(24)23-16(12-4-5-13-14(6-12)28-10-27-13)19(8-21,9-26-3)7-20(23,30-29-15)18(25)22(11)2/h4-6,11,15-16H,7,9-10H2,1-3H3/t11?,15?,16?,19?,20-/m0/s1. The van der Waals surface area contributed by atoms with Gasteiger partial charge < -0.3 is 24.0 Å². The lowest BCUT2D eigenvalue weighted by atomic mass is 9.78. The van der Waals surface area contributed by atoms with Crippen LogP contribution < -0.4 is 9.47 Å². The van der Waals surface area contributed by atoms with Crippen molar-refractivity contribution in [3.63, 3.8) is 0 Å². The topological polar surface area (TPSA) is 92.1 Å². The number of nitrogens with zero attached hydrogens (tertiary/aromatic N) is 3. The molecule has 5 atom stereocenters. The maximum atomic E-state index is 13.7. The third kappa shape index (κ3) is 2.40. The van der Waals surface area contributed by atoms with Crippen LogP contribution in [-0.4, -0.2) is 65.3 Å². The Kier molecular flexibility index (Phi) is 4.44. The zero-order valence-corrected chi connectivity index (χ0v) is 18.4. The number of fused-ring (bicyclic) bond motifs is 4. The Hall–Kier alpha value is -2.09. The quantitative estimate of drug-likeness (QED) is 0.651. The molecular formula is C20H21N3O5S2. The van der Waals surface area contributed by atoms with E-state index >= 15 is 0 Å². The minimum atomic E-state index is -1.15. The van der Waals surface area contributed by atoms with E-state index < -0.39 is 21.6 Å². The molecule has 5 heterocycles. The van der Waals surface area contributed by atoms with Gasteiger partial charge >= 0.3 is 0 Å². The Balaban J connectivity index is 1.72. The molecule has 0 aromatic heterocycles. The zero-order chi connectivity index (χ0) is 21.3. The van der Waals surface area contributed by atoms with E-state index in [0.29, 0.717) is 11.5 Å². The van der Waals surface area contributed by atoms with Crippen molar-refractivity contribution >= 4 is 33.4 Å². The monoisotopic (exact) mass is 447 g/mol. The highest BCUT2D eigenvalue weighted by atomic mass is 33.1. The molecule has 8 nitrogen and oxygen atoms in total. The Bertz CT molecular complexity index is 984. The van der Waals surface area contributed by atoms with Crippen molar-refractivity contribution < 1.29 is 23.8 Å². The van der Waals surface area contributed by atoms with Gasteiger partial charge in [-0.2, -0.15) is 5.26 Å². The van der Waals surface area contributed by atoms with E-state index in [9.17, 15) is 14.9 Å². The number of methoxy groups -OCH3 is 1. The third-order valence-electron chi connectivity index (χ3n) is 6.54. The SMILES string of the molecule is COCC1(C#N)C[C@@]23SSC(C(=O)N2C1c1ccc2c(c1)OCO2)C(C)N(C)C3=O. The Morgan fingerprint density at radius 2 is 2.10 bits per heavy atom. The summed E-state index contributed by atoms with van der Waals surface area (Å²) in [5.74, 6) is 0.947. The second-order valence-electron chi connectivity index (χ2n) is 8.14. The second-order valence-corrected chi connectivity index (χ2v) is 10.8. The maximum Gasteiger partial charge on any atom is 0.260 e. The number of nitriles is 1. The lowest BCUT2D eigenvalue weighted by Gasteiger charge is -2.42. The predicted molar refractivity (Wildman–Crippen MR) is 111 cm³/mol. The lowest BCUT2D eigenvalue weighted by molar-refractivity contribution is -0.142. The highest BCUT2D eigenvalue weighted by Gasteiger charge is 2.71. The molecule has 4 saturated heterocycles. The van der Waals surface area contributed by atoms with Crippen LogP contribution in [0.25, 0.3) is 0 Å². The number of hydrogen-bond donors (Lipinski definition) is 0. The Morgan fingerprint density at radius 3 is 2.83 bits per heavy atom. The number of likely N-dealkylation sites (N-methyl/N-ethyl adjacent to an activating group) is 1. The fourth-order valence-electron chi connectivity index (χ4n) is 4.99. The maximum absolute atomic E-state index is 13.7. The highest BCUT2D eigenvalue weighted by molar-refractivity contribution is 8.77. The largest absolute Gasteiger partial charge is 0.454 e. The van der Waals surface area contributed by atoms with Crippen molar-refractivity contribution in [2.75, 3.05) is 27.6 Å². The molecule has 4 fully saturated rings. The smallest absolute Gasteiger partial charge is 0.260 e. The van der Waals surface area contributed by atoms with Crippen LogP contribution in [0.1, 0.15) is 24.9 Å². The van der Waals surface area contributed by atoms with Gasteiger partial charge in [0.05, 0.1) is 24.8 Å². The van der Waals surface area contributed by atoms with Crippen LogP contribution in [0.15, 0.2) is 18.2 Å². The Labute approximate surface area is 182 Å². The van der Waals surface area contributed by atoms with Crippen LogP contribution in [0.3, 0.4) is 0 Å². The van der Waals surface area contributed by atoms with Crippen LogP contribution in [-0.2, 0) is 14.3 Å². The molecule has 30 heavy (non-hydrogen) atoms. The number of carbonyl (C=O) groups is 2. The first-order valence-electron chi connectivity index (χ1n) is 9.63. The third-order valence-corrected chi connectivity index (χ3v) is 9.97. The molecule has 158 valence electrons. The first kappa shape index (κ1) is 19.8. The van der Waals surface area contributed by atoms with Crippen molar-refractivity contribution in [1.29, 1.82) is 5.26 Å². The normalized spacial score (nSPS) is 36.7. The van der Waals surface area contributed by atoms with Crippen molar-refractivity contribution in [2.45, 2.75) is 35.5 Å². The van der Waals surface area contributed by atoms with Crippen molar-refractivity contribution in [3.8, 4) is 17.6 Å². The summed E-state index contributed by atoms with van der Waals surface area (Å²) in [4.78, 5) is 29.5. The molecule has 4 unspecified atom stereocenters. The van der Waals surface area contributed by atoms with Crippen molar-refractivity contribution in [1.82, 2.24) is 9.80 Å². The fraction of sp³-hybridized carbons (Fsp3) is 0.550. The minimum absolute atomic E-state index is 0.108. The van der Waals surface area contributed by atoms with E-state index in [1.165, 1.54) is 28.7 Å². The summed E-state index contributed by atoms with van der Waals surface area (Å²) in [5, 5.41) is 9.94. The van der Waals surface area contributed by atoms with Gasteiger partial charge in [0.25, 0.3) is 5.91 Å². The molecule has 5 aliphatic heterocycles. The van der Waals surface area contributed by atoms with E-state index in [1.54, 1.807) is 22.9 Å². The summed E-state index contributed by atoms with van der Waals surface area (Å²) >= 11 is 0. The van der Waals surface area contributed by atoms with Gasteiger partial charge in [0.1, 0.15) is 10.7 Å². The van der Waals surface area contributed by atoms with Gasteiger partial charge in [-0.15, -0.1) is 0 Å². The van der Waals surface area contributed by atoms with E-state index in [1.807, 2.05) is 19.1 Å². The number of hydrogen-bond acceptors (Lipinski definition) is 8. The molecule has 10 heteroatoms. The molecule has 2 bridgehead atoms. The molecule has 2 amide bonds. The average molecular weight is 448 g/mol. The number of amides is 2. The van der Waals surface area contributed by atoms with Gasteiger partial charge in [0, 0.05) is 20.6 Å². The summed E-state index contributed by atoms with van der Waals surface area (Å²) in [6, 6.07) is 7.01. The molecule has 0 radical (unpaired) electrons. The minimum Gasteiger partial charge on any atom is -0.454 e. The summed E-state index contributed by atoms with van der Waals surface area (Å²) < 4.78 is 16.4. The molecule has 1 aromatic rings. The van der Waals surface area contributed by atoms with Gasteiger partial charge in [-0.1, -0.05) is 27.7 Å². The van der Waals surface area contributed by atoms with Crippen LogP contribution >= 0.6 is 21.6 Å². The molecular weight excluding hydrogens is 426 g/mol. The summed E-state index contributed by atoms with van der Waals surface area (Å²) in [7, 11) is 6.12. The molecule has 5 aliphatic rings. The van der Waals surface area contributed by atoms with Crippen LogP contribution in [0, 0.1) is 16.7 Å². The van der Waals surface area contributed by atoms with Gasteiger partial charge in [-0.05, 0) is 24.6 Å². The van der Waals surface area contributed by atoms with Crippen molar-refractivity contribution in [2.24, 2.45) is 5.41 Å². The lowest BCUT2D eigenvalue weighted by Crippen LogP contribution is -2.55. The molecule has 1 spiro atoms. The summed E-state index contributed by atoms with van der Waals surface area (Å²) in [6.45, 7) is 2.14. The first-order chi connectivity index (χ1) is 14.4. The predicted octanol–water partition coefficient (Wildman–Crippen LogP) is 2.17. The van der Waals surface area contributed by atoms with Gasteiger partial charge in [0.15, 0.2) is 16.4 Å². The van der Waals surface area contributed by atoms with E-state index in [-0.39, 0.29) is 37.7 Å². The summed E-state index contributed by atoms with van der Waals surface area (Å²) in [5.41, 5.74) is -0.332. The van der Waals surface area contributed by atoms with E-state index in [0.717, 1.165) is 5.56 Å². The second kappa shape index (κ2) is 6.70. The zero-order valence-electron chi connectivity index (χ0n) is 16.8. The number of carbonyl (C=O) groups excluding carboxylic acids is 2. The number of rotatable bonds is 3.